The van der Waals surface area contributed by atoms with E-state index in [2.05, 4.69) is 21.2 Å². The topological polar surface area (TPSA) is 49.4 Å². The van der Waals surface area contributed by atoms with Crippen molar-refractivity contribution in [3.8, 4) is 0 Å². The van der Waals surface area contributed by atoms with Crippen LogP contribution in [0.4, 0.5) is 0 Å². The Hall–Kier alpha value is -1.50. The quantitative estimate of drug-likeness (QED) is 0.486. The largest absolute Gasteiger partial charge is 0.354 e. The molecule has 0 aromatic heterocycles. The molecule has 0 spiro atoms. The van der Waals surface area contributed by atoms with E-state index in [0.717, 1.165) is 22.0 Å². The lowest BCUT2D eigenvalue weighted by Crippen LogP contribution is -2.48. The van der Waals surface area contributed by atoms with Gasteiger partial charge in [-0.1, -0.05) is 58.7 Å². The number of carbonyl (C=O) groups is 2. The molecule has 0 saturated carbocycles. The molecule has 1 atom stereocenters. The second-order valence-electron chi connectivity index (χ2n) is 6.73. The summed E-state index contributed by atoms with van der Waals surface area (Å²) in [6, 6.07) is 14.9. The predicted octanol–water partition coefficient (Wildman–Crippen LogP) is 5.28. The van der Waals surface area contributed by atoms with Crippen molar-refractivity contribution in [2.24, 2.45) is 0 Å². The van der Waals surface area contributed by atoms with Gasteiger partial charge in [-0.3, -0.25) is 9.59 Å². The molecular weight excluding hydrogens is 472 g/mol. The average Bonchev–Trinajstić information content (AvgIpc) is 2.72. The van der Waals surface area contributed by atoms with Gasteiger partial charge in [-0.25, -0.2) is 0 Å². The number of halogens is 2. The van der Waals surface area contributed by atoms with Crippen molar-refractivity contribution in [1.29, 1.82) is 0 Å². The molecular formula is C22H26BrClN2O2S. The monoisotopic (exact) mass is 496 g/mol. The van der Waals surface area contributed by atoms with Gasteiger partial charge in [0.25, 0.3) is 0 Å². The first-order valence-corrected chi connectivity index (χ1v) is 11.9. The Morgan fingerprint density at radius 3 is 2.34 bits per heavy atom. The minimum atomic E-state index is -0.533. The number of nitrogens with zero attached hydrogens (tertiary/aromatic N) is 1. The van der Waals surface area contributed by atoms with Gasteiger partial charge in [0.05, 0.1) is 5.75 Å². The van der Waals surface area contributed by atoms with E-state index in [0.29, 0.717) is 29.6 Å². The summed E-state index contributed by atoms with van der Waals surface area (Å²) in [6.07, 6.45) is 0.857. The van der Waals surface area contributed by atoms with E-state index in [1.54, 1.807) is 11.8 Å². The first-order chi connectivity index (χ1) is 13.9. The minimum absolute atomic E-state index is 0.0500. The molecule has 2 amide bonds. The highest BCUT2D eigenvalue weighted by Crippen LogP contribution is 2.18. The SMILES string of the molecule is CCCNC(=O)[C@H](C)N(Cc1ccc(Br)cc1)C(=O)CSCc1ccc(Cl)cc1. The molecule has 0 aliphatic heterocycles. The van der Waals surface area contributed by atoms with E-state index < -0.39 is 6.04 Å². The van der Waals surface area contributed by atoms with Gasteiger partial charge in [0, 0.05) is 28.3 Å². The van der Waals surface area contributed by atoms with Gasteiger partial charge in [-0.05, 0) is 48.7 Å². The van der Waals surface area contributed by atoms with Crippen LogP contribution in [-0.2, 0) is 21.9 Å². The van der Waals surface area contributed by atoms with Crippen LogP contribution >= 0.6 is 39.3 Å². The second kappa shape index (κ2) is 12.3. The summed E-state index contributed by atoms with van der Waals surface area (Å²) in [6.45, 7) is 4.79. The molecule has 0 bridgehead atoms. The molecule has 156 valence electrons. The van der Waals surface area contributed by atoms with Crippen LogP contribution in [0.5, 0.6) is 0 Å². The van der Waals surface area contributed by atoms with Crippen molar-refractivity contribution in [2.75, 3.05) is 12.3 Å². The summed E-state index contributed by atoms with van der Waals surface area (Å²) in [5, 5.41) is 3.59. The van der Waals surface area contributed by atoms with Gasteiger partial charge in [-0.2, -0.15) is 0 Å². The molecule has 0 radical (unpaired) electrons. The van der Waals surface area contributed by atoms with Crippen molar-refractivity contribution in [3.05, 3.63) is 69.2 Å². The fourth-order valence-electron chi connectivity index (χ4n) is 2.68. The Morgan fingerprint density at radius 1 is 1.10 bits per heavy atom. The zero-order valence-corrected chi connectivity index (χ0v) is 19.8. The third-order valence-electron chi connectivity index (χ3n) is 4.39. The molecule has 0 saturated heterocycles. The smallest absolute Gasteiger partial charge is 0.242 e. The minimum Gasteiger partial charge on any atom is -0.354 e. The molecule has 0 aliphatic carbocycles. The molecule has 2 aromatic rings. The van der Waals surface area contributed by atoms with Crippen LogP contribution in [0.25, 0.3) is 0 Å². The molecule has 7 heteroatoms. The summed E-state index contributed by atoms with van der Waals surface area (Å²) in [7, 11) is 0. The molecule has 4 nitrogen and oxygen atoms in total. The maximum atomic E-state index is 13.0. The normalized spacial score (nSPS) is 11.7. The maximum absolute atomic E-state index is 13.0. The van der Waals surface area contributed by atoms with E-state index in [9.17, 15) is 9.59 Å². The van der Waals surface area contributed by atoms with Crippen molar-refractivity contribution in [2.45, 2.75) is 38.6 Å². The highest BCUT2D eigenvalue weighted by atomic mass is 79.9. The number of benzene rings is 2. The van der Waals surface area contributed by atoms with Crippen molar-refractivity contribution in [3.63, 3.8) is 0 Å². The third-order valence-corrected chi connectivity index (χ3v) is 6.16. The number of hydrogen-bond acceptors (Lipinski definition) is 3. The number of rotatable bonds is 10. The Bertz CT molecular complexity index is 799. The second-order valence-corrected chi connectivity index (χ2v) is 9.07. The van der Waals surface area contributed by atoms with E-state index in [4.69, 9.17) is 11.6 Å². The summed E-state index contributed by atoms with van der Waals surface area (Å²) in [5.74, 6) is 0.849. The summed E-state index contributed by atoms with van der Waals surface area (Å²) in [4.78, 5) is 27.1. The van der Waals surface area contributed by atoms with Gasteiger partial charge in [-0.15, -0.1) is 11.8 Å². The van der Waals surface area contributed by atoms with Crippen LogP contribution in [0, 0.1) is 0 Å². The molecule has 0 heterocycles. The summed E-state index contributed by atoms with van der Waals surface area (Å²) >= 11 is 10.9. The molecule has 0 unspecified atom stereocenters. The van der Waals surface area contributed by atoms with Gasteiger partial charge < -0.3 is 10.2 Å². The number of thioether (sulfide) groups is 1. The van der Waals surface area contributed by atoms with Gasteiger partial charge in [0.1, 0.15) is 6.04 Å². The van der Waals surface area contributed by atoms with Crippen LogP contribution in [0.15, 0.2) is 53.0 Å². The lowest BCUT2D eigenvalue weighted by Gasteiger charge is -2.28. The van der Waals surface area contributed by atoms with Gasteiger partial charge in [0.15, 0.2) is 0 Å². The van der Waals surface area contributed by atoms with Crippen LogP contribution in [0.2, 0.25) is 5.02 Å². The zero-order valence-electron chi connectivity index (χ0n) is 16.7. The Morgan fingerprint density at radius 2 is 1.72 bits per heavy atom. The molecule has 1 N–H and O–H groups in total. The number of nitrogens with one attached hydrogen (secondary N) is 1. The molecule has 29 heavy (non-hydrogen) atoms. The maximum Gasteiger partial charge on any atom is 0.242 e. The van der Waals surface area contributed by atoms with Crippen molar-refractivity contribution >= 4 is 51.1 Å². The van der Waals surface area contributed by atoms with E-state index in [1.807, 2.05) is 55.5 Å². The van der Waals surface area contributed by atoms with E-state index in [-0.39, 0.29) is 11.8 Å². The van der Waals surface area contributed by atoms with Gasteiger partial charge >= 0.3 is 0 Å². The van der Waals surface area contributed by atoms with Crippen molar-refractivity contribution < 1.29 is 9.59 Å². The summed E-state index contributed by atoms with van der Waals surface area (Å²) < 4.78 is 0.978. The Balaban J connectivity index is 2.03. The lowest BCUT2D eigenvalue weighted by atomic mass is 10.1. The van der Waals surface area contributed by atoms with Crippen LogP contribution in [0.3, 0.4) is 0 Å². The number of hydrogen-bond donors (Lipinski definition) is 1. The zero-order chi connectivity index (χ0) is 21.2. The Labute approximate surface area is 190 Å². The molecule has 0 fully saturated rings. The average molecular weight is 498 g/mol. The molecule has 2 aromatic carbocycles. The first kappa shape index (κ1) is 23.8. The first-order valence-electron chi connectivity index (χ1n) is 9.54. The fraction of sp³-hybridized carbons (Fsp3) is 0.364. The predicted molar refractivity (Wildman–Crippen MR) is 125 cm³/mol. The number of amides is 2. The molecule has 2 rings (SSSR count). The standard InChI is InChI=1S/C22H26BrClN2O2S/c1-3-12-25-22(28)16(2)26(13-17-4-8-19(23)9-5-17)21(27)15-29-14-18-6-10-20(24)11-7-18/h4-11,16H,3,12-15H2,1-2H3,(H,25,28)/t16-/m0/s1. The van der Waals surface area contributed by atoms with Crippen LogP contribution in [-0.4, -0.2) is 35.1 Å². The van der Waals surface area contributed by atoms with Crippen LogP contribution in [0.1, 0.15) is 31.4 Å². The van der Waals surface area contributed by atoms with E-state index >= 15 is 0 Å². The van der Waals surface area contributed by atoms with Crippen LogP contribution < -0.4 is 5.32 Å². The highest BCUT2D eigenvalue weighted by molar-refractivity contribution is 9.10. The number of carbonyl (C=O) groups excluding carboxylic acids is 2. The highest BCUT2D eigenvalue weighted by Gasteiger charge is 2.25. The van der Waals surface area contributed by atoms with Crippen molar-refractivity contribution in [1.82, 2.24) is 10.2 Å². The van der Waals surface area contributed by atoms with Gasteiger partial charge in [0.2, 0.25) is 11.8 Å². The Kier molecular flexibility index (Phi) is 10.0. The third kappa shape index (κ3) is 8.03. The summed E-state index contributed by atoms with van der Waals surface area (Å²) in [5.41, 5.74) is 2.10. The van der Waals surface area contributed by atoms with E-state index in [1.165, 1.54) is 11.8 Å². The fourth-order valence-corrected chi connectivity index (χ4v) is 3.95. The molecule has 0 aliphatic rings. The lowest BCUT2D eigenvalue weighted by molar-refractivity contribution is -0.138.